The number of carbonyl (C=O) groups excluding carboxylic acids is 2. The van der Waals surface area contributed by atoms with E-state index in [-0.39, 0.29) is 30.1 Å². The largest absolute Gasteiger partial charge is 0.486 e. The molecule has 0 radical (unpaired) electrons. The van der Waals surface area contributed by atoms with Crippen LogP contribution in [0.4, 0.5) is 17.1 Å². The third-order valence-electron chi connectivity index (χ3n) is 4.32. The summed E-state index contributed by atoms with van der Waals surface area (Å²) in [5.41, 5.74) is 0.235. The summed E-state index contributed by atoms with van der Waals surface area (Å²) in [4.78, 5) is 35.5. The molecule has 1 aliphatic heterocycles. The Kier molecular flexibility index (Phi) is 6.88. The molecular formula is C20H21N3O8. The van der Waals surface area contributed by atoms with E-state index in [1.807, 2.05) is 0 Å². The average Bonchev–Trinajstić information content (AvgIpc) is 2.77. The van der Waals surface area contributed by atoms with Crippen molar-refractivity contribution in [3.63, 3.8) is 0 Å². The van der Waals surface area contributed by atoms with Crippen LogP contribution in [0.15, 0.2) is 36.4 Å². The molecule has 31 heavy (non-hydrogen) atoms. The Morgan fingerprint density at radius 1 is 1.19 bits per heavy atom. The van der Waals surface area contributed by atoms with Crippen LogP contribution in [0.25, 0.3) is 0 Å². The number of amides is 1. The van der Waals surface area contributed by atoms with Crippen molar-refractivity contribution in [2.24, 2.45) is 0 Å². The zero-order valence-corrected chi connectivity index (χ0v) is 16.6. The number of nitrogens with one attached hydrogen (secondary N) is 2. The van der Waals surface area contributed by atoms with Crippen molar-refractivity contribution < 1.29 is 33.8 Å². The molecule has 0 saturated heterocycles. The van der Waals surface area contributed by atoms with E-state index in [1.165, 1.54) is 19.1 Å². The first-order valence-corrected chi connectivity index (χ1v) is 9.43. The quantitative estimate of drug-likeness (QED) is 0.324. The molecule has 0 unspecified atom stereocenters. The van der Waals surface area contributed by atoms with Gasteiger partial charge in [0.15, 0.2) is 17.6 Å². The molecule has 3 rings (SSSR count). The number of ether oxygens (including phenoxy) is 3. The van der Waals surface area contributed by atoms with E-state index in [0.717, 1.165) is 6.07 Å². The SMILES string of the molecule is C[C@@H](OC(=O)c1cc([N+](=O)[O-])ccc1NCCO)C(=O)Nc1ccc2c(c1)OCCO2. The van der Waals surface area contributed by atoms with Crippen molar-refractivity contribution in [2.45, 2.75) is 13.0 Å². The monoisotopic (exact) mass is 431 g/mol. The number of non-ortho nitro benzene ring substituents is 1. The topological polar surface area (TPSA) is 149 Å². The molecular weight excluding hydrogens is 410 g/mol. The highest BCUT2D eigenvalue weighted by Crippen LogP contribution is 2.32. The summed E-state index contributed by atoms with van der Waals surface area (Å²) < 4.78 is 16.1. The van der Waals surface area contributed by atoms with Gasteiger partial charge in [-0.25, -0.2) is 4.79 Å². The van der Waals surface area contributed by atoms with Gasteiger partial charge in [-0.3, -0.25) is 14.9 Å². The molecule has 3 N–H and O–H groups in total. The molecule has 0 fully saturated rings. The highest BCUT2D eigenvalue weighted by molar-refractivity contribution is 6.00. The van der Waals surface area contributed by atoms with Gasteiger partial charge in [-0.05, 0) is 25.1 Å². The molecule has 0 aliphatic carbocycles. The fraction of sp³-hybridized carbons (Fsp3) is 0.300. The van der Waals surface area contributed by atoms with Gasteiger partial charge in [-0.1, -0.05) is 0 Å². The number of fused-ring (bicyclic) bond motifs is 1. The average molecular weight is 431 g/mol. The van der Waals surface area contributed by atoms with Crippen molar-refractivity contribution in [2.75, 3.05) is 37.0 Å². The number of benzene rings is 2. The molecule has 1 amide bonds. The minimum Gasteiger partial charge on any atom is -0.486 e. The zero-order valence-electron chi connectivity index (χ0n) is 16.6. The summed E-state index contributed by atoms with van der Waals surface area (Å²) in [5, 5.41) is 25.4. The second-order valence-corrected chi connectivity index (χ2v) is 6.53. The molecule has 11 heteroatoms. The lowest BCUT2D eigenvalue weighted by Crippen LogP contribution is -2.30. The van der Waals surface area contributed by atoms with Crippen molar-refractivity contribution in [3.05, 3.63) is 52.1 Å². The molecule has 0 spiro atoms. The number of nitro benzene ring substituents is 1. The van der Waals surface area contributed by atoms with E-state index in [9.17, 15) is 19.7 Å². The van der Waals surface area contributed by atoms with Crippen LogP contribution in [0.5, 0.6) is 11.5 Å². The smallest absolute Gasteiger partial charge is 0.341 e. The van der Waals surface area contributed by atoms with Crippen LogP contribution in [-0.4, -0.2) is 54.4 Å². The molecule has 11 nitrogen and oxygen atoms in total. The van der Waals surface area contributed by atoms with E-state index in [0.29, 0.717) is 30.4 Å². The van der Waals surface area contributed by atoms with Gasteiger partial charge < -0.3 is 30.0 Å². The van der Waals surface area contributed by atoms with E-state index in [1.54, 1.807) is 18.2 Å². The Morgan fingerprint density at radius 3 is 2.65 bits per heavy atom. The number of nitrogens with zero attached hydrogens (tertiary/aromatic N) is 1. The normalized spacial score (nSPS) is 13.1. The van der Waals surface area contributed by atoms with E-state index in [4.69, 9.17) is 19.3 Å². The Balaban J connectivity index is 1.70. The van der Waals surface area contributed by atoms with Crippen molar-refractivity contribution in [3.8, 4) is 11.5 Å². The maximum Gasteiger partial charge on any atom is 0.341 e. The summed E-state index contributed by atoms with van der Waals surface area (Å²) in [7, 11) is 0. The Labute approximate surface area is 177 Å². The Bertz CT molecular complexity index is 994. The lowest BCUT2D eigenvalue weighted by atomic mass is 10.1. The van der Waals surface area contributed by atoms with Crippen molar-refractivity contribution >= 4 is 28.9 Å². The molecule has 1 atom stereocenters. The Morgan fingerprint density at radius 2 is 1.94 bits per heavy atom. The maximum absolute atomic E-state index is 12.6. The van der Waals surface area contributed by atoms with Gasteiger partial charge in [0.25, 0.3) is 11.6 Å². The van der Waals surface area contributed by atoms with Gasteiger partial charge in [0.2, 0.25) is 0 Å². The van der Waals surface area contributed by atoms with Gasteiger partial charge in [-0.2, -0.15) is 0 Å². The lowest BCUT2D eigenvalue weighted by Gasteiger charge is -2.19. The number of hydrogen-bond acceptors (Lipinski definition) is 9. The first-order chi connectivity index (χ1) is 14.9. The first-order valence-electron chi connectivity index (χ1n) is 9.43. The lowest BCUT2D eigenvalue weighted by molar-refractivity contribution is -0.384. The number of nitro groups is 1. The summed E-state index contributed by atoms with van der Waals surface area (Å²) in [6.45, 7) is 2.13. The van der Waals surface area contributed by atoms with Crippen LogP contribution < -0.4 is 20.1 Å². The predicted octanol–water partition coefficient (Wildman–Crippen LogP) is 1.95. The summed E-state index contributed by atoms with van der Waals surface area (Å²) >= 11 is 0. The second kappa shape index (κ2) is 9.76. The zero-order chi connectivity index (χ0) is 22.4. The van der Waals surface area contributed by atoms with Gasteiger partial charge in [0.1, 0.15) is 13.2 Å². The van der Waals surface area contributed by atoms with E-state index >= 15 is 0 Å². The summed E-state index contributed by atoms with van der Waals surface area (Å²) in [5.74, 6) is -0.462. The van der Waals surface area contributed by atoms with Crippen LogP contribution in [0, 0.1) is 10.1 Å². The van der Waals surface area contributed by atoms with E-state index < -0.39 is 22.9 Å². The maximum atomic E-state index is 12.6. The minimum atomic E-state index is -1.19. The first kappa shape index (κ1) is 21.8. The third kappa shape index (κ3) is 5.39. The van der Waals surface area contributed by atoms with Crippen LogP contribution in [0.1, 0.15) is 17.3 Å². The Hall–Kier alpha value is -3.86. The molecule has 2 aromatic carbocycles. The molecule has 0 saturated carbocycles. The van der Waals surface area contributed by atoms with Crippen molar-refractivity contribution in [1.29, 1.82) is 0 Å². The van der Waals surface area contributed by atoms with Gasteiger partial charge in [0.05, 0.1) is 17.1 Å². The predicted molar refractivity (Wildman–Crippen MR) is 110 cm³/mol. The highest BCUT2D eigenvalue weighted by atomic mass is 16.6. The van der Waals surface area contributed by atoms with Crippen molar-refractivity contribution in [1.82, 2.24) is 0 Å². The number of anilines is 2. The number of aliphatic hydroxyl groups is 1. The molecule has 164 valence electrons. The van der Waals surface area contributed by atoms with Crippen LogP contribution in [0.2, 0.25) is 0 Å². The molecule has 0 bridgehead atoms. The number of hydrogen-bond donors (Lipinski definition) is 3. The fourth-order valence-corrected chi connectivity index (χ4v) is 2.80. The molecule has 1 aliphatic rings. The minimum absolute atomic E-state index is 0.123. The number of rotatable bonds is 8. The molecule has 1 heterocycles. The van der Waals surface area contributed by atoms with Crippen LogP contribution >= 0.6 is 0 Å². The number of aliphatic hydroxyl groups excluding tert-OH is 1. The van der Waals surface area contributed by atoms with Crippen LogP contribution in [-0.2, 0) is 9.53 Å². The summed E-state index contributed by atoms with van der Waals surface area (Å²) in [6, 6.07) is 8.48. The fourth-order valence-electron chi connectivity index (χ4n) is 2.80. The highest BCUT2D eigenvalue weighted by Gasteiger charge is 2.24. The number of carbonyl (C=O) groups is 2. The second-order valence-electron chi connectivity index (χ2n) is 6.53. The van der Waals surface area contributed by atoms with Gasteiger partial charge in [-0.15, -0.1) is 0 Å². The molecule has 2 aromatic rings. The summed E-state index contributed by atoms with van der Waals surface area (Å²) in [6.07, 6.45) is -1.19. The van der Waals surface area contributed by atoms with Gasteiger partial charge >= 0.3 is 5.97 Å². The molecule has 0 aromatic heterocycles. The standard InChI is InChI=1S/C20H21N3O8/c1-12(19(25)22-13-2-5-17-18(10-13)30-9-8-29-17)31-20(26)15-11-14(23(27)28)3-4-16(15)21-6-7-24/h2-5,10-12,21,24H,6-9H2,1H3,(H,22,25)/t12-/m1/s1. The van der Waals surface area contributed by atoms with Crippen LogP contribution in [0.3, 0.4) is 0 Å². The third-order valence-corrected chi connectivity index (χ3v) is 4.32. The van der Waals surface area contributed by atoms with E-state index in [2.05, 4.69) is 10.6 Å². The number of esters is 1. The van der Waals surface area contributed by atoms with Gasteiger partial charge in [0, 0.05) is 36.1 Å².